The Kier molecular flexibility index (Phi) is 7.39. The molecule has 0 amide bonds. The maximum Gasteiger partial charge on any atom is 0.222 e. The first-order chi connectivity index (χ1) is 14.8. The summed E-state index contributed by atoms with van der Waals surface area (Å²) in [6.45, 7) is 1.41. The molecule has 3 rings (SSSR count). The van der Waals surface area contributed by atoms with E-state index >= 15 is 0 Å². The van der Waals surface area contributed by atoms with Crippen molar-refractivity contribution in [3.05, 3.63) is 64.2 Å². The van der Waals surface area contributed by atoms with Gasteiger partial charge in [-0.05, 0) is 47.9 Å². The maximum absolute atomic E-state index is 11.2. The first-order valence-corrected chi connectivity index (χ1v) is 11.3. The molecule has 1 heterocycles. The molecule has 31 heavy (non-hydrogen) atoms. The molecule has 0 saturated carbocycles. The first kappa shape index (κ1) is 23.7. The molecule has 8 heteroatoms. The average Bonchev–Trinajstić information content (AvgIpc) is 2.80. The van der Waals surface area contributed by atoms with Crippen LogP contribution in [0.25, 0.3) is 0 Å². The van der Waals surface area contributed by atoms with Crippen molar-refractivity contribution >= 4 is 11.8 Å². The van der Waals surface area contributed by atoms with E-state index in [0.717, 1.165) is 12.0 Å². The van der Waals surface area contributed by atoms with Crippen LogP contribution in [0.15, 0.2) is 41.3 Å². The predicted octanol–water partition coefficient (Wildman–Crippen LogP) is 1.05. The highest BCUT2D eigenvalue weighted by Crippen LogP contribution is 2.39. The third kappa shape index (κ3) is 4.49. The van der Waals surface area contributed by atoms with Crippen molar-refractivity contribution in [2.45, 2.75) is 54.9 Å². The van der Waals surface area contributed by atoms with Crippen molar-refractivity contribution < 1.29 is 30.3 Å². The molecule has 1 aliphatic rings. The van der Waals surface area contributed by atoms with Gasteiger partial charge in [0.15, 0.2) is 0 Å². The molecule has 1 saturated heterocycles. The zero-order valence-corrected chi connectivity index (χ0v) is 18.2. The minimum Gasteiger partial charge on any atom is -0.394 e. The van der Waals surface area contributed by atoms with Crippen molar-refractivity contribution in [2.75, 3.05) is 12.9 Å². The fourth-order valence-electron chi connectivity index (χ4n) is 3.81. The molecule has 7 nitrogen and oxygen atoms in total. The summed E-state index contributed by atoms with van der Waals surface area (Å²) < 4.78 is 5.47. The van der Waals surface area contributed by atoms with Crippen LogP contribution in [0.5, 0.6) is 0 Å². The number of ether oxygens (including phenoxy) is 1. The van der Waals surface area contributed by atoms with Gasteiger partial charge in [0.1, 0.15) is 30.5 Å². The van der Waals surface area contributed by atoms with Crippen LogP contribution in [0, 0.1) is 11.3 Å². The van der Waals surface area contributed by atoms with E-state index in [1.54, 1.807) is 12.3 Å². The lowest BCUT2D eigenvalue weighted by atomic mass is 9.86. The Bertz CT molecular complexity index is 958. The van der Waals surface area contributed by atoms with Gasteiger partial charge in [0.25, 0.3) is 0 Å². The Morgan fingerprint density at radius 1 is 1.10 bits per heavy atom. The lowest BCUT2D eigenvalue weighted by Gasteiger charge is -2.45. The van der Waals surface area contributed by atoms with E-state index in [0.29, 0.717) is 22.4 Å². The number of aliphatic hydroxyl groups excluding tert-OH is 4. The van der Waals surface area contributed by atoms with Gasteiger partial charge in [-0.25, -0.2) is 0 Å². The number of aliphatic hydroxyl groups is 5. The molecule has 166 valence electrons. The van der Waals surface area contributed by atoms with Gasteiger partial charge in [-0.15, -0.1) is 11.8 Å². The summed E-state index contributed by atoms with van der Waals surface area (Å²) in [6.07, 6.45) is -3.32. The van der Waals surface area contributed by atoms with Crippen LogP contribution < -0.4 is 0 Å². The molecule has 2 aromatic carbocycles. The van der Waals surface area contributed by atoms with E-state index in [9.17, 15) is 30.8 Å². The van der Waals surface area contributed by atoms with Crippen molar-refractivity contribution in [3.8, 4) is 6.07 Å². The zero-order valence-electron chi connectivity index (χ0n) is 17.4. The highest BCUT2D eigenvalue weighted by molar-refractivity contribution is 7.98. The summed E-state index contributed by atoms with van der Waals surface area (Å²) in [5.74, 6) is -2.37. The number of nitrogens with zero attached hydrogens (tertiary/aromatic N) is 1. The number of thioether (sulfide) groups is 1. The Labute approximate surface area is 185 Å². The molecule has 0 spiro atoms. The second-order valence-corrected chi connectivity index (χ2v) is 8.48. The minimum absolute atomic E-state index is 0.132. The van der Waals surface area contributed by atoms with Crippen LogP contribution in [0.4, 0.5) is 0 Å². The SMILES string of the molecule is CCc1ccc(Cc2cc([C@]3(O)O[C@H](CO)[C@@H](O)[C@H](O)[C@H]3O)cc(SC)c2C#N)cc1. The molecule has 0 radical (unpaired) electrons. The predicted molar refractivity (Wildman–Crippen MR) is 115 cm³/mol. The molecule has 5 N–H and O–H groups in total. The fourth-order valence-corrected chi connectivity index (χ4v) is 4.44. The molecule has 1 aliphatic heterocycles. The van der Waals surface area contributed by atoms with Crippen LogP contribution >= 0.6 is 11.8 Å². The number of hydrogen-bond acceptors (Lipinski definition) is 8. The highest BCUT2D eigenvalue weighted by Gasteiger charge is 2.53. The number of nitriles is 1. The summed E-state index contributed by atoms with van der Waals surface area (Å²) in [4.78, 5) is 0.575. The van der Waals surface area contributed by atoms with Crippen LogP contribution in [0.2, 0.25) is 0 Å². The monoisotopic (exact) mass is 445 g/mol. The van der Waals surface area contributed by atoms with Gasteiger partial charge in [0.05, 0.1) is 12.2 Å². The molecular formula is C23H27NO6S. The van der Waals surface area contributed by atoms with Gasteiger partial charge in [0.2, 0.25) is 5.79 Å². The third-order valence-corrected chi connectivity index (χ3v) is 6.48. The first-order valence-electron chi connectivity index (χ1n) is 10.0. The van der Waals surface area contributed by atoms with Gasteiger partial charge < -0.3 is 30.3 Å². The third-order valence-electron chi connectivity index (χ3n) is 5.72. The highest BCUT2D eigenvalue weighted by atomic mass is 32.2. The van der Waals surface area contributed by atoms with Gasteiger partial charge >= 0.3 is 0 Å². The number of benzene rings is 2. The summed E-state index contributed by atoms with van der Waals surface area (Å²) in [5.41, 5.74) is 3.37. The zero-order chi connectivity index (χ0) is 22.8. The van der Waals surface area contributed by atoms with E-state index in [-0.39, 0.29) is 5.56 Å². The molecule has 1 fully saturated rings. The quantitative estimate of drug-likeness (QED) is 0.417. The van der Waals surface area contributed by atoms with E-state index in [1.165, 1.54) is 23.4 Å². The van der Waals surface area contributed by atoms with E-state index in [4.69, 9.17) is 4.74 Å². The Hall–Kier alpha value is -1.96. The number of aryl methyl sites for hydroxylation is 1. The molecule has 0 aromatic heterocycles. The lowest BCUT2D eigenvalue weighted by Crippen LogP contribution is -2.63. The summed E-state index contributed by atoms with van der Waals surface area (Å²) in [5, 5.41) is 61.2. The molecule has 5 atom stereocenters. The fraction of sp³-hybridized carbons (Fsp3) is 0.435. The Balaban J connectivity index is 2.08. The van der Waals surface area contributed by atoms with Crippen LogP contribution in [-0.2, 0) is 23.4 Å². The van der Waals surface area contributed by atoms with E-state index in [2.05, 4.69) is 13.0 Å². The molecule has 0 bridgehead atoms. The van der Waals surface area contributed by atoms with Gasteiger partial charge in [0, 0.05) is 10.5 Å². The largest absolute Gasteiger partial charge is 0.394 e. The minimum atomic E-state index is -2.37. The van der Waals surface area contributed by atoms with Crippen molar-refractivity contribution in [3.63, 3.8) is 0 Å². The van der Waals surface area contributed by atoms with Crippen molar-refractivity contribution in [1.82, 2.24) is 0 Å². The Morgan fingerprint density at radius 2 is 1.74 bits per heavy atom. The standard InChI is InChI=1S/C23H27NO6S/c1-3-13-4-6-14(7-5-13)8-15-9-16(10-19(31-2)17(15)11-24)23(29)22(28)21(27)20(26)18(12-25)30-23/h4-7,9-10,18,20-22,25-29H,3,8,12H2,1-2H3/t18-,20-,21+,22-,23+/m1/s1. The van der Waals surface area contributed by atoms with Crippen LogP contribution in [0.1, 0.15) is 34.7 Å². The molecule has 0 aliphatic carbocycles. The molecular weight excluding hydrogens is 418 g/mol. The average molecular weight is 446 g/mol. The van der Waals surface area contributed by atoms with Crippen molar-refractivity contribution in [2.24, 2.45) is 0 Å². The lowest BCUT2D eigenvalue weighted by molar-refractivity contribution is -0.357. The summed E-state index contributed by atoms with van der Waals surface area (Å²) in [6, 6.07) is 13.3. The Morgan fingerprint density at radius 3 is 2.29 bits per heavy atom. The topological polar surface area (TPSA) is 134 Å². The van der Waals surface area contributed by atoms with Gasteiger partial charge in [-0.1, -0.05) is 31.2 Å². The molecule has 0 unspecified atom stereocenters. The summed E-state index contributed by atoms with van der Waals surface area (Å²) >= 11 is 1.30. The maximum atomic E-state index is 11.2. The smallest absolute Gasteiger partial charge is 0.222 e. The van der Waals surface area contributed by atoms with Gasteiger partial charge in [-0.3, -0.25) is 0 Å². The van der Waals surface area contributed by atoms with E-state index < -0.39 is 36.8 Å². The molecule has 2 aromatic rings. The van der Waals surface area contributed by atoms with E-state index in [1.807, 2.05) is 24.3 Å². The second kappa shape index (κ2) is 9.67. The summed E-state index contributed by atoms with van der Waals surface area (Å²) in [7, 11) is 0. The van der Waals surface area contributed by atoms with Crippen LogP contribution in [-0.4, -0.2) is 62.8 Å². The normalized spacial score (nSPS) is 28.3. The number of hydrogen-bond donors (Lipinski definition) is 5. The van der Waals surface area contributed by atoms with Gasteiger partial charge in [-0.2, -0.15) is 5.26 Å². The number of rotatable bonds is 6. The van der Waals surface area contributed by atoms with Crippen LogP contribution in [0.3, 0.4) is 0 Å². The van der Waals surface area contributed by atoms with Crippen molar-refractivity contribution in [1.29, 1.82) is 5.26 Å². The second-order valence-electron chi connectivity index (χ2n) is 7.63.